The molecule has 5 aromatic carbocycles. The molecule has 38 heavy (non-hydrogen) atoms. The van der Waals surface area contributed by atoms with Gasteiger partial charge in [-0.25, -0.2) is 10.0 Å². The SMILES string of the molecule is c1ccc(C2=NN(c3ccccc3)c3cc4c(cc3=N2)[N-]C(c2ccccc2)=N[N+]=4c2ccccc2)cc1. The summed E-state index contributed by atoms with van der Waals surface area (Å²) in [5, 5.41) is 18.5. The molecule has 0 bridgehead atoms. The van der Waals surface area contributed by atoms with Gasteiger partial charge in [-0.1, -0.05) is 97.1 Å². The summed E-state index contributed by atoms with van der Waals surface area (Å²) in [5.41, 5.74) is 5.46. The Morgan fingerprint density at radius 1 is 0.632 bits per heavy atom. The summed E-state index contributed by atoms with van der Waals surface area (Å²) in [6, 6.07) is 44.4. The van der Waals surface area contributed by atoms with Crippen molar-refractivity contribution < 1.29 is 0 Å². The summed E-state index contributed by atoms with van der Waals surface area (Å²) >= 11 is 0. The van der Waals surface area contributed by atoms with Crippen LogP contribution in [0.15, 0.2) is 149 Å². The van der Waals surface area contributed by atoms with E-state index in [4.69, 9.17) is 20.5 Å². The molecule has 0 atom stereocenters. The van der Waals surface area contributed by atoms with E-state index < -0.39 is 0 Å². The van der Waals surface area contributed by atoms with Crippen LogP contribution in [0.3, 0.4) is 0 Å². The number of fused-ring (bicyclic) bond motifs is 2. The number of hydrogen-bond acceptors (Lipinski definition) is 4. The molecule has 0 radical (unpaired) electrons. The number of hydrogen-bond donors (Lipinski definition) is 0. The largest absolute Gasteiger partial charge is 0.426 e. The fraction of sp³-hybridized carbons (Fsp3) is 0. The first-order valence-electron chi connectivity index (χ1n) is 12.4. The average molecular weight is 491 g/mol. The maximum atomic E-state index is 4.98. The van der Waals surface area contributed by atoms with Crippen LogP contribution in [0.25, 0.3) is 5.32 Å². The van der Waals surface area contributed by atoms with Crippen LogP contribution in [-0.2, 0) is 0 Å². The number of rotatable bonds is 4. The highest BCUT2D eigenvalue weighted by Crippen LogP contribution is 2.29. The van der Waals surface area contributed by atoms with Gasteiger partial charge in [0.1, 0.15) is 0 Å². The highest BCUT2D eigenvalue weighted by Gasteiger charge is 2.23. The molecule has 0 aromatic heterocycles. The van der Waals surface area contributed by atoms with Gasteiger partial charge < -0.3 is 5.32 Å². The van der Waals surface area contributed by atoms with Crippen molar-refractivity contribution in [3.63, 3.8) is 0 Å². The lowest BCUT2D eigenvalue weighted by molar-refractivity contribution is 0.791. The minimum absolute atomic E-state index is 0.648. The Morgan fingerprint density at radius 2 is 1.24 bits per heavy atom. The molecule has 2 aliphatic rings. The predicted octanol–water partition coefficient (Wildman–Crippen LogP) is 6.02. The molecule has 0 N–H and O–H groups in total. The molecule has 6 nitrogen and oxygen atoms in total. The second kappa shape index (κ2) is 9.26. The molecule has 0 unspecified atom stereocenters. The Bertz CT molecular complexity index is 1810. The number of benzene rings is 5. The molecule has 7 rings (SSSR count). The first kappa shape index (κ1) is 21.9. The fourth-order valence-electron chi connectivity index (χ4n) is 4.59. The quantitative estimate of drug-likeness (QED) is 0.284. The van der Waals surface area contributed by atoms with Crippen LogP contribution < -0.4 is 20.4 Å². The van der Waals surface area contributed by atoms with Crippen LogP contribution in [0.5, 0.6) is 0 Å². The molecule has 0 amide bonds. The molecule has 2 aliphatic heterocycles. The van der Waals surface area contributed by atoms with E-state index in [9.17, 15) is 0 Å². The van der Waals surface area contributed by atoms with Gasteiger partial charge in [-0.2, -0.15) is 5.10 Å². The number of anilines is 2. The van der Waals surface area contributed by atoms with Crippen molar-refractivity contribution in [2.75, 3.05) is 5.01 Å². The normalized spacial score (nSPS) is 13.9. The van der Waals surface area contributed by atoms with Gasteiger partial charge in [0.15, 0.2) is 5.84 Å². The van der Waals surface area contributed by atoms with Crippen LogP contribution in [0.1, 0.15) is 11.1 Å². The number of para-hydroxylation sites is 2. The maximum Gasteiger partial charge on any atom is 0.224 e. The van der Waals surface area contributed by atoms with E-state index >= 15 is 0 Å². The maximum absolute atomic E-state index is 4.98. The van der Waals surface area contributed by atoms with Crippen molar-refractivity contribution in [2.45, 2.75) is 0 Å². The Labute approximate surface area is 219 Å². The topological polar surface area (TPSA) is 57.4 Å². The van der Waals surface area contributed by atoms with Gasteiger partial charge in [0, 0.05) is 35.3 Å². The smallest absolute Gasteiger partial charge is 0.224 e. The molecule has 0 aliphatic carbocycles. The van der Waals surface area contributed by atoms with Crippen molar-refractivity contribution in [1.29, 1.82) is 0 Å². The van der Waals surface area contributed by atoms with Crippen molar-refractivity contribution >= 4 is 34.4 Å². The molecule has 180 valence electrons. The minimum atomic E-state index is 0.648. The summed E-state index contributed by atoms with van der Waals surface area (Å²) in [7, 11) is 0. The second-order valence-electron chi connectivity index (χ2n) is 8.93. The number of amidine groups is 2. The van der Waals surface area contributed by atoms with Gasteiger partial charge in [-0.15, -0.1) is 9.79 Å². The molecular weight excluding hydrogens is 468 g/mol. The zero-order valence-electron chi connectivity index (χ0n) is 20.4. The van der Waals surface area contributed by atoms with E-state index in [-0.39, 0.29) is 0 Å². The van der Waals surface area contributed by atoms with Crippen molar-refractivity contribution in [3.8, 4) is 0 Å². The number of nitrogens with zero attached hydrogens (tertiary/aromatic N) is 6. The zero-order valence-corrected chi connectivity index (χ0v) is 20.4. The molecule has 2 heterocycles. The van der Waals surface area contributed by atoms with Crippen LogP contribution >= 0.6 is 0 Å². The van der Waals surface area contributed by atoms with Crippen LogP contribution in [0, 0.1) is 0 Å². The molecule has 0 fully saturated rings. The second-order valence-corrected chi connectivity index (χ2v) is 8.93. The van der Waals surface area contributed by atoms with Crippen molar-refractivity contribution in [1.82, 2.24) is 4.68 Å². The Balaban J connectivity index is 1.50. The molecular formula is C32H22N6. The monoisotopic (exact) mass is 490 g/mol. The van der Waals surface area contributed by atoms with Crippen LogP contribution in [0.2, 0.25) is 0 Å². The van der Waals surface area contributed by atoms with Gasteiger partial charge in [-0.3, -0.25) is 0 Å². The Morgan fingerprint density at radius 3 is 1.92 bits per heavy atom. The van der Waals surface area contributed by atoms with E-state index in [1.807, 2.05) is 137 Å². The lowest BCUT2D eigenvalue weighted by atomic mass is 10.1. The van der Waals surface area contributed by atoms with E-state index in [1.165, 1.54) is 0 Å². The summed E-state index contributed by atoms with van der Waals surface area (Å²) in [4.78, 5) is 4.98. The fourth-order valence-corrected chi connectivity index (χ4v) is 4.59. The molecule has 6 heteroatoms. The van der Waals surface area contributed by atoms with E-state index in [0.29, 0.717) is 11.7 Å². The third-order valence-electron chi connectivity index (χ3n) is 6.44. The third-order valence-corrected chi connectivity index (χ3v) is 6.44. The van der Waals surface area contributed by atoms with E-state index in [2.05, 4.69) is 6.07 Å². The highest BCUT2D eigenvalue weighted by molar-refractivity contribution is 6.13. The predicted molar refractivity (Wildman–Crippen MR) is 152 cm³/mol. The summed E-state index contributed by atoms with van der Waals surface area (Å²) in [6.45, 7) is 0. The first-order chi connectivity index (χ1) is 18.8. The van der Waals surface area contributed by atoms with Gasteiger partial charge in [-0.05, 0) is 23.8 Å². The van der Waals surface area contributed by atoms with Crippen LogP contribution in [0.4, 0.5) is 22.7 Å². The molecule has 0 saturated heterocycles. The van der Waals surface area contributed by atoms with Gasteiger partial charge in [0.05, 0.1) is 16.7 Å². The average Bonchev–Trinajstić information content (AvgIpc) is 3.00. The lowest BCUT2D eigenvalue weighted by Crippen LogP contribution is -2.33. The van der Waals surface area contributed by atoms with E-state index in [1.54, 1.807) is 0 Å². The summed E-state index contributed by atoms with van der Waals surface area (Å²) in [6.07, 6.45) is 0. The standard InChI is InChI=1S/C32H22N6/c1-5-13-23(14-6-1)31-33-27-21-28-30(22-29(27)37(35-31)25-17-9-3-10-18-25)38(26-19-11-4-12-20-26)36-32(34-28)24-15-7-2-8-16-24/h1-22H. The molecule has 0 saturated carbocycles. The van der Waals surface area contributed by atoms with Crippen LogP contribution in [-0.4, -0.2) is 11.7 Å². The van der Waals surface area contributed by atoms with Crippen molar-refractivity contribution in [3.05, 3.63) is 161 Å². The van der Waals surface area contributed by atoms with Gasteiger partial charge >= 0.3 is 0 Å². The van der Waals surface area contributed by atoms with Gasteiger partial charge in [0.25, 0.3) is 0 Å². The third kappa shape index (κ3) is 3.94. The van der Waals surface area contributed by atoms with Gasteiger partial charge in [0.2, 0.25) is 11.0 Å². The first-order valence-corrected chi connectivity index (χ1v) is 12.4. The Kier molecular flexibility index (Phi) is 5.33. The number of hydrazone groups is 2. The van der Waals surface area contributed by atoms with Crippen molar-refractivity contribution in [2.24, 2.45) is 15.2 Å². The minimum Gasteiger partial charge on any atom is -0.426 e. The molecule has 5 aromatic rings. The Hall–Kier alpha value is -5.36. The molecule has 0 spiro atoms. The van der Waals surface area contributed by atoms with E-state index in [0.717, 1.165) is 44.6 Å². The summed E-state index contributed by atoms with van der Waals surface area (Å²) in [5.74, 6) is 1.30. The highest BCUT2D eigenvalue weighted by atomic mass is 15.5. The zero-order chi connectivity index (χ0) is 25.3. The lowest BCUT2D eigenvalue weighted by Gasteiger charge is -2.26. The summed E-state index contributed by atoms with van der Waals surface area (Å²) < 4.78 is 1.95.